The zero-order chi connectivity index (χ0) is 19.5. The predicted molar refractivity (Wildman–Crippen MR) is 110 cm³/mol. The number of hydrogen-bond acceptors (Lipinski definition) is 5. The van der Waals surface area contributed by atoms with Crippen LogP contribution >= 0.6 is 0 Å². The van der Waals surface area contributed by atoms with Crippen LogP contribution in [0, 0.1) is 5.41 Å². The summed E-state index contributed by atoms with van der Waals surface area (Å²) in [7, 11) is -3.64. The van der Waals surface area contributed by atoms with Crippen LogP contribution in [0.3, 0.4) is 0 Å². The number of ether oxygens (including phenoxy) is 1. The summed E-state index contributed by atoms with van der Waals surface area (Å²) in [6, 6.07) is 9.01. The van der Waals surface area contributed by atoms with Gasteiger partial charge in [0.15, 0.2) is 0 Å². The van der Waals surface area contributed by atoms with Crippen molar-refractivity contribution < 1.29 is 13.2 Å². The van der Waals surface area contributed by atoms with Crippen LogP contribution in [0.4, 0.5) is 0 Å². The molecule has 6 nitrogen and oxygen atoms in total. The van der Waals surface area contributed by atoms with Crippen molar-refractivity contribution in [1.29, 1.82) is 0 Å². The monoisotopic (exact) mass is 403 g/mol. The van der Waals surface area contributed by atoms with Crippen LogP contribution in [0.15, 0.2) is 41.4 Å². The third kappa shape index (κ3) is 4.38. The molecule has 4 rings (SSSR count). The average molecular weight is 404 g/mol. The van der Waals surface area contributed by atoms with E-state index in [4.69, 9.17) is 4.74 Å². The van der Waals surface area contributed by atoms with Gasteiger partial charge in [0.1, 0.15) is 4.90 Å². The molecule has 3 heterocycles. The number of rotatable bonds is 6. The van der Waals surface area contributed by atoms with E-state index >= 15 is 0 Å². The van der Waals surface area contributed by atoms with Gasteiger partial charge in [0.05, 0.1) is 5.52 Å². The summed E-state index contributed by atoms with van der Waals surface area (Å²) in [5.41, 5.74) is 0.454. The van der Waals surface area contributed by atoms with Gasteiger partial charge in [0, 0.05) is 43.3 Å². The van der Waals surface area contributed by atoms with Crippen LogP contribution in [0.25, 0.3) is 10.9 Å². The standard InChI is InChI=1S/C21H29N3O3S/c25-28(26,19-8-4-6-18-7-5-11-22-20(18)19)23-16-21(9-14-27-15-10-21)17-24-12-2-1-3-13-24/h4-8,11,23H,1-3,9-10,12-17H2. The van der Waals surface area contributed by atoms with E-state index in [1.165, 1.54) is 19.3 Å². The molecule has 152 valence electrons. The molecule has 1 aromatic carbocycles. The fourth-order valence-electron chi connectivity index (χ4n) is 4.41. The topological polar surface area (TPSA) is 71.5 Å². The van der Waals surface area contributed by atoms with E-state index < -0.39 is 10.0 Å². The second-order valence-electron chi connectivity index (χ2n) is 8.11. The summed E-state index contributed by atoms with van der Waals surface area (Å²) in [5.74, 6) is 0. The van der Waals surface area contributed by atoms with E-state index in [1.807, 2.05) is 18.2 Å². The van der Waals surface area contributed by atoms with Gasteiger partial charge in [-0.15, -0.1) is 0 Å². The molecule has 0 spiro atoms. The number of likely N-dealkylation sites (tertiary alicyclic amines) is 1. The predicted octanol–water partition coefficient (Wildman–Crippen LogP) is 2.80. The van der Waals surface area contributed by atoms with Crippen LogP contribution in [-0.4, -0.2) is 57.7 Å². The molecule has 0 saturated carbocycles. The van der Waals surface area contributed by atoms with Crippen LogP contribution in [0.1, 0.15) is 32.1 Å². The molecular formula is C21H29N3O3S. The molecule has 2 aliphatic rings. The third-order valence-corrected chi connectivity index (χ3v) is 7.52. The molecule has 2 aliphatic heterocycles. The highest BCUT2D eigenvalue weighted by molar-refractivity contribution is 7.89. The number of sulfonamides is 1. The third-order valence-electron chi connectivity index (χ3n) is 6.08. The van der Waals surface area contributed by atoms with E-state index in [9.17, 15) is 8.42 Å². The molecule has 1 aromatic heterocycles. The Morgan fingerprint density at radius 1 is 1.07 bits per heavy atom. The smallest absolute Gasteiger partial charge is 0.242 e. The maximum atomic E-state index is 13.1. The number of pyridine rings is 1. The highest BCUT2D eigenvalue weighted by Crippen LogP contribution is 2.32. The van der Waals surface area contributed by atoms with Crippen molar-refractivity contribution in [3.8, 4) is 0 Å². The zero-order valence-electron chi connectivity index (χ0n) is 16.3. The molecule has 0 unspecified atom stereocenters. The largest absolute Gasteiger partial charge is 0.381 e. The van der Waals surface area contributed by atoms with Gasteiger partial charge in [-0.05, 0) is 50.9 Å². The summed E-state index contributed by atoms with van der Waals surface area (Å²) in [5, 5.41) is 0.833. The molecule has 0 atom stereocenters. The Morgan fingerprint density at radius 3 is 2.61 bits per heavy atom. The van der Waals surface area contributed by atoms with Gasteiger partial charge in [0.2, 0.25) is 10.0 Å². The number of aromatic nitrogens is 1. The van der Waals surface area contributed by atoms with Crippen LogP contribution in [0.5, 0.6) is 0 Å². The van der Waals surface area contributed by atoms with Crippen molar-refractivity contribution in [2.24, 2.45) is 5.41 Å². The Labute approximate surface area is 167 Å². The highest BCUT2D eigenvalue weighted by Gasteiger charge is 2.36. The van der Waals surface area contributed by atoms with Gasteiger partial charge >= 0.3 is 0 Å². The van der Waals surface area contributed by atoms with Crippen molar-refractivity contribution in [3.63, 3.8) is 0 Å². The van der Waals surface area contributed by atoms with Crippen LogP contribution in [-0.2, 0) is 14.8 Å². The van der Waals surface area contributed by atoms with Crippen molar-refractivity contribution in [3.05, 3.63) is 36.5 Å². The molecule has 0 aliphatic carbocycles. The molecule has 1 N–H and O–H groups in total. The molecule has 0 bridgehead atoms. The maximum absolute atomic E-state index is 13.1. The first-order valence-electron chi connectivity index (χ1n) is 10.2. The first kappa shape index (κ1) is 19.8. The summed E-state index contributed by atoms with van der Waals surface area (Å²) in [6.07, 6.45) is 7.19. The quantitative estimate of drug-likeness (QED) is 0.803. The van der Waals surface area contributed by atoms with Gasteiger partial charge in [-0.1, -0.05) is 24.6 Å². The highest BCUT2D eigenvalue weighted by atomic mass is 32.2. The second-order valence-corrected chi connectivity index (χ2v) is 9.84. The lowest BCUT2D eigenvalue weighted by Crippen LogP contribution is -2.49. The lowest BCUT2D eigenvalue weighted by Gasteiger charge is -2.42. The van der Waals surface area contributed by atoms with Gasteiger partial charge < -0.3 is 9.64 Å². The fourth-order valence-corrected chi connectivity index (χ4v) is 5.74. The summed E-state index contributed by atoms with van der Waals surface area (Å²) in [6.45, 7) is 5.01. The maximum Gasteiger partial charge on any atom is 0.242 e. The first-order valence-corrected chi connectivity index (χ1v) is 11.7. The number of fused-ring (bicyclic) bond motifs is 1. The Kier molecular flexibility index (Phi) is 5.96. The van der Waals surface area contributed by atoms with E-state index in [0.29, 0.717) is 25.3 Å². The molecule has 7 heteroatoms. The SMILES string of the molecule is O=S(=O)(NCC1(CN2CCCCC2)CCOCC1)c1cccc2cccnc12. The Morgan fingerprint density at radius 2 is 1.82 bits per heavy atom. The van der Waals surface area contributed by atoms with Gasteiger partial charge in [0.25, 0.3) is 0 Å². The minimum atomic E-state index is -3.64. The minimum absolute atomic E-state index is 0.0688. The Balaban J connectivity index is 1.54. The summed E-state index contributed by atoms with van der Waals surface area (Å²) >= 11 is 0. The minimum Gasteiger partial charge on any atom is -0.381 e. The van der Waals surface area contributed by atoms with Crippen molar-refractivity contribution in [2.75, 3.05) is 39.4 Å². The van der Waals surface area contributed by atoms with E-state index in [-0.39, 0.29) is 10.3 Å². The van der Waals surface area contributed by atoms with Gasteiger partial charge in [-0.2, -0.15) is 0 Å². The molecule has 2 aromatic rings. The lowest BCUT2D eigenvalue weighted by molar-refractivity contribution is -0.00466. The number of benzene rings is 1. The van der Waals surface area contributed by atoms with E-state index in [2.05, 4.69) is 14.6 Å². The molecule has 0 radical (unpaired) electrons. The molecule has 28 heavy (non-hydrogen) atoms. The first-order chi connectivity index (χ1) is 13.6. The number of para-hydroxylation sites is 1. The van der Waals surface area contributed by atoms with Crippen LogP contribution in [0.2, 0.25) is 0 Å². The van der Waals surface area contributed by atoms with Gasteiger partial charge in [-0.3, -0.25) is 4.98 Å². The molecule has 2 saturated heterocycles. The number of piperidine rings is 1. The van der Waals surface area contributed by atoms with Crippen molar-refractivity contribution >= 4 is 20.9 Å². The zero-order valence-corrected chi connectivity index (χ0v) is 17.1. The number of nitrogens with one attached hydrogen (secondary N) is 1. The summed E-state index contributed by atoms with van der Waals surface area (Å²) < 4.78 is 34.8. The average Bonchev–Trinajstić information content (AvgIpc) is 2.73. The Bertz CT molecular complexity index is 899. The van der Waals surface area contributed by atoms with E-state index in [0.717, 1.165) is 37.9 Å². The van der Waals surface area contributed by atoms with Crippen LogP contribution < -0.4 is 4.72 Å². The molecular weight excluding hydrogens is 374 g/mol. The normalized spacial score (nSPS) is 21.0. The lowest BCUT2D eigenvalue weighted by atomic mass is 9.79. The Hall–Kier alpha value is -1.54. The van der Waals surface area contributed by atoms with E-state index in [1.54, 1.807) is 18.3 Å². The summed E-state index contributed by atoms with van der Waals surface area (Å²) in [4.78, 5) is 7.06. The number of nitrogens with zero attached hydrogens (tertiary/aromatic N) is 2. The fraction of sp³-hybridized carbons (Fsp3) is 0.571. The van der Waals surface area contributed by atoms with Crippen molar-refractivity contribution in [1.82, 2.24) is 14.6 Å². The number of hydrogen-bond donors (Lipinski definition) is 1. The molecule has 0 amide bonds. The molecule has 2 fully saturated rings. The van der Waals surface area contributed by atoms with Gasteiger partial charge in [-0.25, -0.2) is 13.1 Å². The van der Waals surface area contributed by atoms with Crippen molar-refractivity contribution in [2.45, 2.75) is 37.0 Å². The second kappa shape index (κ2) is 8.45.